The van der Waals surface area contributed by atoms with Crippen molar-refractivity contribution in [3.05, 3.63) is 29.8 Å². The molecule has 2 heterocycles. The highest BCUT2D eigenvalue weighted by Gasteiger charge is 2.06. The minimum atomic E-state index is 0.486. The molecule has 0 spiro atoms. The molecule has 0 aliphatic heterocycles. The van der Waals surface area contributed by atoms with Gasteiger partial charge in [0.1, 0.15) is 0 Å². The lowest BCUT2D eigenvalue weighted by molar-refractivity contribution is 0.804. The molecule has 2 rings (SSSR count). The molecule has 0 fully saturated rings. The molecule has 0 radical (unpaired) electrons. The summed E-state index contributed by atoms with van der Waals surface area (Å²) in [6.07, 6.45) is 3.92. The first-order valence-corrected chi connectivity index (χ1v) is 5.49. The van der Waals surface area contributed by atoms with Gasteiger partial charge in [0.05, 0.1) is 6.20 Å². The van der Waals surface area contributed by atoms with Crippen LogP contribution in [0.4, 0.5) is 0 Å². The molecule has 0 atom stereocenters. The fourth-order valence-corrected chi connectivity index (χ4v) is 1.40. The third-order valence-corrected chi connectivity index (χ3v) is 2.14. The molecule has 3 nitrogen and oxygen atoms in total. The van der Waals surface area contributed by atoms with Crippen LogP contribution in [0.2, 0.25) is 0 Å². The number of aryl methyl sites for hydroxylation is 1. The largest absolute Gasteiger partial charge is 0.288 e. The summed E-state index contributed by atoms with van der Waals surface area (Å²) in [5, 5.41) is 0. The Hall–Kier alpha value is -1.38. The monoisotopic (exact) mass is 205 g/mol. The Morgan fingerprint density at radius 2 is 1.93 bits per heavy atom. The third-order valence-electron chi connectivity index (χ3n) is 2.14. The highest BCUT2D eigenvalue weighted by molar-refractivity contribution is 5.33. The lowest BCUT2D eigenvalue weighted by Crippen LogP contribution is -1.96. The molecule has 82 valence electrons. The van der Waals surface area contributed by atoms with Gasteiger partial charge in [-0.3, -0.25) is 4.40 Å². The molecule has 3 heteroatoms. The van der Waals surface area contributed by atoms with Gasteiger partial charge in [-0.05, 0) is 18.9 Å². The fraction of sp³-hybridized carbons (Fsp3) is 0.500. The summed E-state index contributed by atoms with van der Waals surface area (Å²) in [5.74, 6) is 1.28. The molecule has 0 N–H and O–H groups in total. The molecule has 0 amide bonds. The van der Waals surface area contributed by atoms with Crippen LogP contribution in [0.15, 0.2) is 18.5 Å². The minimum Gasteiger partial charge on any atom is -0.288 e. The molecule has 0 saturated carbocycles. The molecule has 0 aromatic carbocycles. The molecule has 2 aromatic heterocycles. The van der Waals surface area contributed by atoms with Gasteiger partial charge in [0, 0.05) is 17.6 Å². The second kappa shape index (κ2) is 4.91. The first kappa shape index (κ1) is 11.7. The van der Waals surface area contributed by atoms with Gasteiger partial charge in [-0.15, -0.1) is 0 Å². The van der Waals surface area contributed by atoms with E-state index in [1.165, 1.54) is 5.69 Å². The van der Waals surface area contributed by atoms with Crippen molar-refractivity contribution in [2.75, 3.05) is 0 Å². The van der Waals surface area contributed by atoms with Crippen LogP contribution < -0.4 is 0 Å². The van der Waals surface area contributed by atoms with E-state index >= 15 is 0 Å². The maximum absolute atomic E-state index is 4.33. The summed E-state index contributed by atoms with van der Waals surface area (Å²) in [6.45, 7) is 10.3. The SMILES string of the molecule is CC.Cc1ccn2c(C(C)C)cnc2n1. The molecule has 0 aliphatic rings. The van der Waals surface area contributed by atoms with Crippen molar-refractivity contribution in [1.29, 1.82) is 0 Å². The number of imidazole rings is 1. The first-order valence-electron chi connectivity index (χ1n) is 5.49. The molecule has 0 bridgehead atoms. The maximum atomic E-state index is 4.33. The van der Waals surface area contributed by atoms with E-state index in [1.54, 1.807) is 0 Å². The van der Waals surface area contributed by atoms with Gasteiger partial charge in [-0.2, -0.15) is 0 Å². The van der Waals surface area contributed by atoms with E-state index in [-0.39, 0.29) is 0 Å². The predicted molar refractivity (Wildman–Crippen MR) is 63.2 cm³/mol. The second-order valence-corrected chi connectivity index (χ2v) is 3.58. The molecular formula is C12H19N3. The number of aromatic nitrogens is 3. The molecule has 0 saturated heterocycles. The van der Waals surface area contributed by atoms with Gasteiger partial charge >= 0.3 is 0 Å². The summed E-state index contributed by atoms with van der Waals surface area (Å²) in [7, 11) is 0. The van der Waals surface area contributed by atoms with E-state index in [2.05, 4.69) is 23.8 Å². The van der Waals surface area contributed by atoms with Crippen LogP contribution in [0.1, 0.15) is 45.0 Å². The quantitative estimate of drug-likeness (QED) is 0.715. The van der Waals surface area contributed by atoms with E-state index in [1.807, 2.05) is 43.6 Å². The summed E-state index contributed by atoms with van der Waals surface area (Å²) in [6, 6.07) is 2.00. The predicted octanol–water partition coefficient (Wildman–Crippen LogP) is 3.19. The van der Waals surface area contributed by atoms with E-state index in [9.17, 15) is 0 Å². The van der Waals surface area contributed by atoms with Gasteiger partial charge in [0.15, 0.2) is 0 Å². The Kier molecular flexibility index (Phi) is 3.83. The van der Waals surface area contributed by atoms with Crippen molar-refractivity contribution in [1.82, 2.24) is 14.4 Å². The lowest BCUT2D eigenvalue weighted by Gasteiger charge is -2.03. The topological polar surface area (TPSA) is 30.2 Å². The number of rotatable bonds is 1. The summed E-state index contributed by atoms with van der Waals surface area (Å²) < 4.78 is 2.04. The van der Waals surface area contributed by atoms with Gasteiger partial charge in [0.25, 0.3) is 0 Å². The summed E-state index contributed by atoms with van der Waals surface area (Å²) >= 11 is 0. The first-order chi connectivity index (χ1) is 7.18. The van der Waals surface area contributed by atoms with E-state index in [0.717, 1.165) is 11.5 Å². The smallest absolute Gasteiger partial charge is 0.234 e. The normalized spacial score (nSPS) is 10.3. The fourth-order valence-electron chi connectivity index (χ4n) is 1.40. The van der Waals surface area contributed by atoms with Crippen LogP contribution in [0.5, 0.6) is 0 Å². The Morgan fingerprint density at radius 3 is 2.53 bits per heavy atom. The zero-order valence-corrected chi connectivity index (χ0v) is 10.2. The van der Waals surface area contributed by atoms with Crippen LogP contribution in [-0.2, 0) is 0 Å². The Labute approximate surface area is 91.2 Å². The molecule has 0 aliphatic carbocycles. The van der Waals surface area contributed by atoms with Crippen molar-refractivity contribution in [2.24, 2.45) is 0 Å². The van der Waals surface area contributed by atoms with Gasteiger partial charge < -0.3 is 0 Å². The number of nitrogens with zero attached hydrogens (tertiary/aromatic N) is 3. The zero-order valence-electron chi connectivity index (χ0n) is 10.2. The van der Waals surface area contributed by atoms with E-state index < -0.39 is 0 Å². The number of fused-ring (bicyclic) bond motifs is 1. The van der Waals surface area contributed by atoms with Crippen molar-refractivity contribution in [2.45, 2.75) is 40.5 Å². The number of hydrogen-bond acceptors (Lipinski definition) is 2. The number of hydrogen-bond donors (Lipinski definition) is 0. The average Bonchev–Trinajstić information content (AvgIpc) is 2.63. The highest BCUT2D eigenvalue weighted by Crippen LogP contribution is 2.14. The van der Waals surface area contributed by atoms with Crippen molar-refractivity contribution >= 4 is 5.78 Å². The zero-order chi connectivity index (χ0) is 11.4. The van der Waals surface area contributed by atoms with Crippen LogP contribution in [0.3, 0.4) is 0 Å². The Bertz CT molecular complexity index is 429. The summed E-state index contributed by atoms with van der Waals surface area (Å²) in [5.41, 5.74) is 2.22. The van der Waals surface area contributed by atoms with Crippen molar-refractivity contribution in [3.8, 4) is 0 Å². The molecule has 0 unspecified atom stereocenters. The molecule has 2 aromatic rings. The van der Waals surface area contributed by atoms with Gasteiger partial charge in [-0.25, -0.2) is 9.97 Å². The summed E-state index contributed by atoms with van der Waals surface area (Å²) in [4.78, 5) is 8.58. The minimum absolute atomic E-state index is 0.486. The van der Waals surface area contributed by atoms with Crippen LogP contribution in [0.25, 0.3) is 5.78 Å². The lowest BCUT2D eigenvalue weighted by atomic mass is 10.1. The van der Waals surface area contributed by atoms with E-state index in [0.29, 0.717) is 5.92 Å². The van der Waals surface area contributed by atoms with Crippen molar-refractivity contribution < 1.29 is 0 Å². The van der Waals surface area contributed by atoms with Gasteiger partial charge in [-0.1, -0.05) is 27.7 Å². The highest BCUT2D eigenvalue weighted by atomic mass is 15.1. The van der Waals surface area contributed by atoms with Crippen molar-refractivity contribution in [3.63, 3.8) is 0 Å². The molecule has 15 heavy (non-hydrogen) atoms. The van der Waals surface area contributed by atoms with Crippen LogP contribution in [-0.4, -0.2) is 14.4 Å². The average molecular weight is 205 g/mol. The standard InChI is InChI=1S/C10H13N3.C2H6/c1-7(2)9-6-11-10-12-8(3)4-5-13(9)10;1-2/h4-7H,1-3H3;1-2H3. The maximum Gasteiger partial charge on any atom is 0.234 e. The van der Waals surface area contributed by atoms with E-state index in [4.69, 9.17) is 0 Å². The Morgan fingerprint density at radius 1 is 1.27 bits per heavy atom. The molecular weight excluding hydrogens is 186 g/mol. The Balaban J connectivity index is 0.000000531. The van der Waals surface area contributed by atoms with Gasteiger partial charge in [0.2, 0.25) is 5.78 Å². The van der Waals surface area contributed by atoms with Crippen LogP contribution in [0, 0.1) is 6.92 Å². The second-order valence-electron chi connectivity index (χ2n) is 3.58. The third kappa shape index (κ3) is 2.35. The van der Waals surface area contributed by atoms with Crippen LogP contribution >= 0.6 is 0 Å².